The molecular formula is C15H25N5. The third kappa shape index (κ3) is 2.77. The van der Waals surface area contributed by atoms with Gasteiger partial charge >= 0.3 is 0 Å². The van der Waals surface area contributed by atoms with E-state index in [1.165, 1.54) is 19.3 Å². The van der Waals surface area contributed by atoms with E-state index in [2.05, 4.69) is 35.9 Å². The average Bonchev–Trinajstić information content (AvgIpc) is 2.32. The summed E-state index contributed by atoms with van der Waals surface area (Å²) in [5, 5.41) is 7.59. The van der Waals surface area contributed by atoms with Gasteiger partial charge in [-0.3, -0.25) is 5.41 Å². The lowest BCUT2D eigenvalue weighted by atomic mass is 9.75. The Bertz CT molecular complexity index is 505. The number of nitrogens with one attached hydrogen (secondary N) is 1. The van der Waals surface area contributed by atoms with Gasteiger partial charge in [0.2, 0.25) is 0 Å². The summed E-state index contributed by atoms with van der Waals surface area (Å²) in [6.07, 6.45) is 3.76. The van der Waals surface area contributed by atoms with Crippen molar-refractivity contribution in [3.8, 4) is 0 Å². The second kappa shape index (κ2) is 5.40. The Labute approximate surface area is 121 Å². The van der Waals surface area contributed by atoms with E-state index in [1.807, 2.05) is 19.1 Å². The Kier molecular flexibility index (Phi) is 3.99. The normalized spacial score (nSPS) is 16.9. The zero-order chi connectivity index (χ0) is 14.9. The first kappa shape index (κ1) is 14.8. The SMILES string of the molecule is Cc1cc(C(=N)N)cc(N(C)CC2(N(C)C)CCC2)n1. The number of hydrogen-bond donors (Lipinski definition) is 2. The predicted molar refractivity (Wildman–Crippen MR) is 83.5 cm³/mol. The lowest BCUT2D eigenvalue weighted by Gasteiger charge is -2.49. The van der Waals surface area contributed by atoms with E-state index in [0.29, 0.717) is 0 Å². The minimum atomic E-state index is 0.0936. The van der Waals surface area contributed by atoms with Crippen LogP contribution in [0.25, 0.3) is 0 Å². The molecule has 5 heteroatoms. The third-order valence-electron chi connectivity index (χ3n) is 4.41. The van der Waals surface area contributed by atoms with E-state index < -0.39 is 0 Å². The fraction of sp³-hybridized carbons (Fsp3) is 0.600. The van der Waals surface area contributed by atoms with Crippen LogP contribution in [0.4, 0.5) is 5.82 Å². The molecule has 1 heterocycles. The van der Waals surface area contributed by atoms with E-state index in [-0.39, 0.29) is 11.4 Å². The standard InChI is InChI=1S/C15H25N5/c1-11-8-12(14(16)17)9-13(18-11)20(4)10-15(19(2)3)6-5-7-15/h8-9H,5-7,10H2,1-4H3,(H3,16,17). The first-order valence-electron chi connectivity index (χ1n) is 7.06. The Morgan fingerprint density at radius 3 is 2.45 bits per heavy atom. The number of hydrogen-bond acceptors (Lipinski definition) is 4. The number of amidine groups is 1. The van der Waals surface area contributed by atoms with Crippen LogP contribution in [0.15, 0.2) is 12.1 Å². The molecule has 0 amide bonds. The van der Waals surface area contributed by atoms with Gasteiger partial charge in [0.15, 0.2) is 0 Å². The van der Waals surface area contributed by atoms with Crippen LogP contribution in [0, 0.1) is 12.3 Å². The molecule has 1 saturated carbocycles. The molecule has 1 aliphatic carbocycles. The van der Waals surface area contributed by atoms with E-state index in [4.69, 9.17) is 11.1 Å². The number of likely N-dealkylation sites (N-methyl/N-ethyl adjacent to an activating group) is 2. The van der Waals surface area contributed by atoms with Crippen LogP contribution in [0.5, 0.6) is 0 Å². The lowest BCUT2D eigenvalue weighted by molar-refractivity contribution is 0.0682. The monoisotopic (exact) mass is 275 g/mol. The Balaban J connectivity index is 2.21. The van der Waals surface area contributed by atoms with Crippen molar-refractivity contribution in [3.05, 3.63) is 23.4 Å². The lowest BCUT2D eigenvalue weighted by Crippen LogP contribution is -2.56. The van der Waals surface area contributed by atoms with Crippen LogP contribution in [0.2, 0.25) is 0 Å². The number of nitrogens with two attached hydrogens (primary N) is 1. The first-order chi connectivity index (χ1) is 9.34. The summed E-state index contributed by atoms with van der Waals surface area (Å²) in [7, 11) is 6.37. The van der Waals surface area contributed by atoms with Crippen LogP contribution in [0.1, 0.15) is 30.5 Å². The quantitative estimate of drug-likeness (QED) is 0.632. The van der Waals surface area contributed by atoms with Crippen LogP contribution in [-0.2, 0) is 0 Å². The maximum absolute atomic E-state index is 7.59. The van der Waals surface area contributed by atoms with Crippen LogP contribution < -0.4 is 10.6 Å². The number of nitrogens with zero attached hydrogens (tertiary/aromatic N) is 3. The van der Waals surface area contributed by atoms with Gasteiger partial charge in [-0.25, -0.2) is 4.98 Å². The molecule has 1 aliphatic rings. The fourth-order valence-electron chi connectivity index (χ4n) is 2.86. The number of anilines is 1. The highest BCUT2D eigenvalue weighted by Crippen LogP contribution is 2.37. The summed E-state index contributed by atoms with van der Waals surface area (Å²) in [6, 6.07) is 3.75. The van der Waals surface area contributed by atoms with Gasteiger partial charge in [-0.2, -0.15) is 0 Å². The van der Waals surface area contributed by atoms with Crippen LogP contribution in [-0.4, -0.2) is 48.9 Å². The molecule has 5 nitrogen and oxygen atoms in total. The van der Waals surface area contributed by atoms with Gasteiger partial charge < -0.3 is 15.5 Å². The van der Waals surface area contributed by atoms with E-state index in [0.717, 1.165) is 23.6 Å². The van der Waals surface area contributed by atoms with Gasteiger partial charge in [0.1, 0.15) is 11.7 Å². The molecule has 1 aromatic rings. The third-order valence-corrected chi connectivity index (χ3v) is 4.41. The van der Waals surface area contributed by atoms with Gasteiger partial charge in [0, 0.05) is 30.4 Å². The number of aromatic nitrogens is 1. The molecule has 2 rings (SSSR count). The maximum Gasteiger partial charge on any atom is 0.129 e. The van der Waals surface area contributed by atoms with Crippen molar-refractivity contribution in [2.75, 3.05) is 32.6 Å². The topological polar surface area (TPSA) is 69.2 Å². The molecule has 0 bridgehead atoms. The van der Waals surface area contributed by atoms with Crippen molar-refractivity contribution in [1.82, 2.24) is 9.88 Å². The van der Waals surface area contributed by atoms with Crippen molar-refractivity contribution in [3.63, 3.8) is 0 Å². The van der Waals surface area contributed by atoms with Gasteiger partial charge in [-0.15, -0.1) is 0 Å². The minimum absolute atomic E-state index is 0.0936. The number of aryl methyl sites for hydroxylation is 1. The highest BCUT2D eigenvalue weighted by Gasteiger charge is 2.40. The summed E-state index contributed by atoms with van der Waals surface area (Å²) in [6.45, 7) is 2.89. The van der Waals surface area contributed by atoms with Crippen LogP contribution in [0.3, 0.4) is 0 Å². The molecule has 110 valence electrons. The Morgan fingerprint density at radius 2 is 2.00 bits per heavy atom. The molecule has 1 aromatic heterocycles. The summed E-state index contributed by atoms with van der Waals surface area (Å²) < 4.78 is 0. The molecule has 0 aromatic carbocycles. The van der Waals surface area contributed by atoms with Gasteiger partial charge in [0.25, 0.3) is 0 Å². The van der Waals surface area contributed by atoms with Gasteiger partial charge in [-0.1, -0.05) is 0 Å². The van der Waals surface area contributed by atoms with Crippen molar-refractivity contribution in [1.29, 1.82) is 5.41 Å². The second-order valence-corrected chi connectivity index (χ2v) is 6.10. The minimum Gasteiger partial charge on any atom is -0.384 e. The van der Waals surface area contributed by atoms with Crippen molar-refractivity contribution in [2.24, 2.45) is 5.73 Å². The van der Waals surface area contributed by atoms with E-state index >= 15 is 0 Å². The summed E-state index contributed by atoms with van der Waals surface area (Å²) in [5.41, 5.74) is 7.49. The maximum atomic E-state index is 7.59. The number of nitrogen functional groups attached to an aromatic ring is 1. The molecule has 3 N–H and O–H groups in total. The smallest absolute Gasteiger partial charge is 0.129 e. The van der Waals surface area contributed by atoms with Gasteiger partial charge in [-0.05, 0) is 52.4 Å². The molecule has 0 spiro atoms. The predicted octanol–water partition coefficient (Wildman–Crippen LogP) is 1.59. The molecule has 0 atom stereocenters. The number of pyridine rings is 1. The molecule has 0 radical (unpaired) electrons. The summed E-state index contributed by atoms with van der Waals surface area (Å²) in [4.78, 5) is 9.08. The molecular weight excluding hydrogens is 250 g/mol. The molecule has 0 saturated heterocycles. The summed E-state index contributed by atoms with van der Waals surface area (Å²) >= 11 is 0. The van der Waals surface area contributed by atoms with Gasteiger partial charge in [0.05, 0.1) is 0 Å². The van der Waals surface area contributed by atoms with Crippen molar-refractivity contribution >= 4 is 11.7 Å². The highest BCUT2D eigenvalue weighted by atomic mass is 15.2. The second-order valence-electron chi connectivity index (χ2n) is 6.10. The highest BCUT2D eigenvalue weighted by molar-refractivity contribution is 5.95. The zero-order valence-electron chi connectivity index (χ0n) is 12.9. The van der Waals surface area contributed by atoms with E-state index in [9.17, 15) is 0 Å². The fourth-order valence-corrected chi connectivity index (χ4v) is 2.86. The summed E-state index contributed by atoms with van der Waals surface area (Å²) in [5.74, 6) is 0.986. The molecule has 0 unspecified atom stereocenters. The van der Waals surface area contributed by atoms with Crippen molar-refractivity contribution < 1.29 is 0 Å². The van der Waals surface area contributed by atoms with Crippen LogP contribution >= 0.6 is 0 Å². The average molecular weight is 275 g/mol. The first-order valence-corrected chi connectivity index (χ1v) is 7.06. The molecule has 0 aliphatic heterocycles. The number of rotatable bonds is 5. The van der Waals surface area contributed by atoms with Crippen molar-refractivity contribution in [2.45, 2.75) is 31.7 Å². The Morgan fingerprint density at radius 1 is 1.35 bits per heavy atom. The molecule has 20 heavy (non-hydrogen) atoms. The largest absolute Gasteiger partial charge is 0.384 e. The molecule has 1 fully saturated rings. The zero-order valence-corrected chi connectivity index (χ0v) is 12.9. The Hall–Kier alpha value is -1.62. The van der Waals surface area contributed by atoms with E-state index in [1.54, 1.807) is 0 Å².